The van der Waals surface area contributed by atoms with E-state index >= 15 is 0 Å². The van der Waals surface area contributed by atoms with E-state index in [1.807, 2.05) is 0 Å². The van der Waals surface area contributed by atoms with Crippen LogP contribution < -0.4 is 20.5 Å². The molecule has 2 aliphatic rings. The standard InChI is InChI=1S/C28H32NSi/c1-27-19-11-6-12-20-28(27,2)29(3)26-18-17-24(21-25(26)27)30(22-13-7-4-8-14-22)23-15-9-5-10-16-23/h4-5,7-10,13-18,21H,6,11-12,19-20H2,1-3H3. The van der Waals surface area contributed by atoms with Crippen molar-refractivity contribution in [3.05, 3.63) is 84.4 Å². The quantitative estimate of drug-likeness (QED) is 0.449. The fourth-order valence-corrected chi connectivity index (χ4v) is 8.62. The van der Waals surface area contributed by atoms with Crippen LogP contribution in [-0.4, -0.2) is 21.4 Å². The average molecular weight is 411 g/mol. The second kappa shape index (κ2) is 7.42. The van der Waals surface area contributed by atoms with E-state index in [2.05, 4.69) is 105 Å². The smallest absolute Gasteiger partial charge is 0.154 e. The maximum atomic E-state index is 2.61. The van der Waals surface area contributed by atoms with Gasteiger partial charge in [0.05, 0.1) is 0 Å². The molecule has 1 radical (unpaired) electrons. The fraction of sp³-hybridized carbons (Fsp3) is 0.357. The van der Waals surface area contributed by atoms with Gasteiger partial charge in [-0.05, 0) is 31.4 Å². The first-order chi connectivity index (χ1) is 14.5. The van der Waals surface area contributed by atoms with Gasteiger partial charge in [0.2, 0.25) is 0 Å². The SMILES string of the molecule is CN1c2ccc([Si](c3ccccc3)c3ccccc3)cc2C2(C)CCCCCC12C. The van der Waals surface area contributed by atoms with Crippen molar-refractivity contribution < 1.29 is 0 Å². The Morgan fingerprint density at radius 1 is 0.700 bits per heavy atom. The van der Waals surface area contributed by atoms with Crippen molar-refractivity contribution in [2.24, 2.45) is 0 Å². The van der Waals surface area contributed by atoms with Crippen LogP contribution in [0.4, 0.5) is 5.69 Å². The summed E-state index contributed by atoms with van der Waals surface area (Å²) < 4.78 is 0. The van der Waals surface area contributed by atoms with Crippen LogP contribution in [0.1, 0.15) is 51.5 Å². The van der Waals surface area contributed by atoms with Gasteiger partial charge in [-0.25, -0.2) is 0 Å². The molecule has 3 aromatic carbocycles. The van der Waals surface area contributed by atoms with Crippen molar-refractivity contribution >= 4 is 30.0 Å². The molecule has 0 spiro atoms. The third kappa shape index (κ3) is 2.88. The van der Waals surface area contributed by atoms with Gasteiger partial charge < -0.3 is 4.90 Å². The molecule has 1 saturated carbocycles. The summed E-state index contributed by atoms with van der Waals surface area (Å²) in [5.74, 6) is 0. The first-order valence-corrected chi connectivity index (χ1v) is 12.9. The Bertz CT molecular complexity index is 992. The average Bonchev–Trinajstić information content (AvgIpc) is 2.88. The largest absolute Gasteiger partial charge is 0.368 e. The summed E-state index contributed by atoms with van der Waals surface area (Å²) in [5, 5.41) is 4.45. The molecule has 0 bridgehead atoms. The number of anilines is 1. The molecule has 0 saturated heterocycles. The molecule has 1 aliphatic carbocycles. The van der Waals surface area contributed by atoms with Crippen molar-refractivity contribution in [3.63, 3.8) is 0 Å². The Morgan fingerprint density at radius 3 is 1.93 bits per heavy atom. The monoisotopic (exact) mass is 410 g/mol. The number of nitrogens with zero attached hydrogens (tertiary/aromatic N) is 1. The highest BCUT2D eigenvalue weighted by Crippen LogP contribution is 2.56. The molecule has 3 aromatic rings. The summed E-state index contributed by atoms with van der Waals surface area (Å²) in [5.41, 5.74) is 3.48. The lowest BCUT2D eigenvalue weighted by molar-refractivity contribution is 0.254. The Kier molecular flexibility index (Phi) is 4.86. The van der Waals surface area contributed by atoms with E-state index in [0.29, 0.717) is 0 Å². The third-order valence-electron chi connectivity index (χ3n) is 8.14. The van der Waals surface area contributed by atoms with Crippen LogP contribution in [0.3, 0.4) is 0 Å². The summed E-state index contributed by atoms with van der Waals surface area (Å²) in [6.45, 7) is 5.06. The molecule has 0 amide bonds. The molecule has 2 unspecified atom stereocenters. The topological polar surface area (TPSA) is 3.24 Å². The number of hydrogen-bond acceptors (Lipinski definition) is 1. The van der Waals surface area contributed by atoms with E-state index in [4.69, 9.17) is 0 Å². The fourth-order valence-electron chi connectivity index (χ4n) is 6.03. The molecule has 5 rings (SSSR count). The van der Waals surface area contributed by atoms with Crippen LogP contribution in [0.5, 0.6) is 0 Å². The van der Waals surface area contributed by atoms with Gasteiger partial charge in [-0.2, -0.15) is 0 Å². The van der Waals surface area contributed by atoms with Crippen LogP contribution in [-0.2, 0) is 5.41 Å². The summed E-state index contributed by atoms with van der Waals surface area (Å²) >= 11 is 0. The molecule has 1 aliphatic heterocycles. The molecule has 2 heteroatoms. The molecule has 0 N–H and O–H groups in total. The van der Waals surface area contributed by atoms with E-state index in [9.17, 15) is 0 Å². The zero-order chi connectivity index (χ0) is 20.8. The van der Waals surface area contributed by atoms with Crippen LogP contribution in [0.25, 0.3) is 0 Å². The van der Waals surface area contributed by atoms with Gasteiger partial charge in [-0.1, -0.05) is 115 Å². The Labute approximate surface area is 183 Å². The zero-order valence-corrected chi connectivity index (χ0v) is 19.5. The molecular weight excluding hydrogens is 378 g/mol. The lowest BCUT2D eigenvalue weighted by atomic mass is 9.67. The van der Waals surface area contributed by atoms with Gasteiger partial charge in [0.15, 0.2) is 8.80 Å². The number of likely N-dealkylation sites (N-methyl/N-ethyl adjacent to an activating group) is 1. The maximum absolute atomic E-state index is 2.61. The summed E-state index contributed by atoms with van der Waals surface area (Å²) in [6.07, 6.45) is 6.65. The number of rotatable bonds is 3. The van der Waals surface area contributed by atoms with E-state index in [-0.39, 0.29) is 11.0 Å². The Hall–Kier alpha value is -2.32. The van der Waals surface area contributed by atoms with Gasteiger partial charge in [0.25, 0.3) is 0 Å². The highest BCUT2D eigenvalue weighted by Gasteiger charge is 2.55. The molecule has 1 fully saturated rings. The zero-order valence-electron chi connectivity index (χ0n) is 18.5. The predicted molar refractivity (Wildman–Crippen MR) is 131 cm³/mol. The van der Waals surface area contributed by atoms with Crippen molar-refractivity contribution in [2.45, 2.75) is 56.9 Å². The second-order valence-corrected chi connectivity index (χ2v) is 12.0. The van der Waals surface area contributed by atoms with Crippen LogP contribution in [0.2, 0.25) is 0 Å². The third-order valence-corrected chi connectivity index (χ3v) is 10.8. The van der Waals surface area contributed by atoms with Crippen molar-refractivity contribution in [2.75, 3.05) is 11.9 Å². The van der Waals surface area contributed by atoms with Gasteiger partial charge in [0.1, 0.15) is 0 Å². The summed E-state index contributed by atoms with van der Waals surface area (Å²) in [4.78, 5) is 2.61. The molecule has 1 nitrogen and oxygen atoms in total. The number of benzene rings is 3. The van der Waals surface area contributed by atoms with E-state index < -0.39 is 8.80 Å². The lowest BCUT2D eigenvalue weighted by Gasteiger charge is -2.45. The van der Waals surface area contributed by atoms with Crippen LogP contribution in [0.15, 0.2) is 78.9 Å². The predicted octanol–water partition coefficient (Wildman–Crippen LogP) is 4.63. The van der Waals surface area contributed by atoms with Gasteiger partial charge in [-0.15, -0.1) is 0 Å². The van der Waals surface area contributed by atoms with E-state index in [0.717, 1.165) is 0 Å². The first-order valence-electron chi connectivity index (χ1n) is 11.4. The lowest BCUT2D eigenvalue weighted by Crippen LogP contribution is -2.53. The van der Waals surface area contributed by atoms with Gasteiger partial charge in [0, 0.05) is 23.7 Å². The summed E-state index contributed by atoms with van der Waals surface area (Å²) in [6, 6.07) is 29.7. The summed E-state index contributed by atoms with van der Waals surface area (Å²) in [7, 11) is 1.30. The van der Waals surface area contributed by atoms with Gasteiger partial charge >= 0.3 is 0 Å². The van der Waals surface area contributed by atoms with Crippen molar-refractivity contribution in [1.82, 2.24) is 0 Å². The van der Waals surface area contributed by atoms with Crippen molar-refractivity contribution in [3.8, 4) is 0 Å². The van der Waals surface area contributed by atoms with Crippen molar-refractivity contribution in [1.29, 1.82) is 0 Å². The number of hydrogen-bond donors (Lipinski definition) is 0. The highest BCUT2D eigenvalue weighted by atomic mass is 28.3. The molecule has 1 heterocycles. The highest BCUT2D eigenvalue weighted by molar-refractivity contribution is 6.95. The minimum atomic E-state index is -1.03. The number of fused-ring (bicyclic) bond motifs is 3. The first kappa shape index (κ1) is 19.6. The Balaban J connectivity index is 1.67. The molecule has 0 aromatic heterocycles. The van der Waals surface area contributed by atoms with E-state index in [1.165, 1.54) is 53.4 Å². The van der Waals surface area contributed by atoms with Gasteiger partial charge in [-0.3, -0.25) is 0 Å². The molecule has 2 atom stereocenters. The molecule has 153 valence electrons. The van der Waals surface area contributed by atoms with E-state index in [1.54, 1.807) is 5.56 Å². The minimum Gasteiger partial charge on any atom is -0.368 e. The maximum Gasteiger partial charge on any atom is 0.154 e. The minimum absolute atomic E-state index is 0.219. The van der Waals surface area contributed by atoms with Crippen LogP contribution >= 0.6 is 0 Å². The molecule has 30 heavy (non-hydrogen) atoms. The normalized spacial score (nSPS) is 25.7. The van der Waals surface area contributed by atoms with Crippen LogP contribution in [0, 0.1) is 0 Å². The second-order valence-electron chi connectivity index (χ2n) is 9.56. The molecular formula is C28H32NSi. The Morgan fingerprint density at radius 2 is 1.30 bits per heavy atom.